The van der Waals surface area contributed by atoms with Gasteiger partial charge in [-0.15, -0.1) is 0 Å². The summed E-state index contributed by atoms with van der Waals surface area (Å²) in [5, 5.41) is 1.41. The molecule has 2 aromatic rings. The van der Waals surface area contributed by atoms with Gasteiger partial charge in [-0.2, -0.15) is 0 Å². The number of carbonyl (C=O) groups is 1. The molecule has 30 heavy (non-hydrogen) atoms. The Labute approximate surface area is 190 Å². The first kappa shape index (κ1) is 21.5. The van der Waals surface area contributed by atoms with Gasteiger partial charge >= 0.3 is 0 Å². The van der Waals surface area contributed by atoms with Crippen molar-refractivity contribution < 1.29 is 14.3 Å². The fourth-order valence-corrected chi connectivity index (χ4v) is 4.28. The summed E-state index contributed by atoms with van der Waals surface area (Å²) < 4.78 is 11.2. The van der Waals surface area contributed by atoms with E-state index in [4.69, 9.17) is 44.3 Å². The lowest BCUT2D eigenvalue weighted by Crippen LogP contribution is -2.48. The number of ether oxygens (including phenoxy) is 2. The van der Waals surface area contributed by atoms with E-state index in [2.05, 4.69) is 9.88 Å². The molecule has 0 N–H and O–H groups in total. The van der Waals surface area contributed by atoms with Crippen LogP contribution in [0.5, 0.6) is 5.88 Å². The van der Waals surface area contributed by atoms with Crippen LogP contribution in [0.2, 0.25) is 15.1 Å². The van der Waals surface area contributed by atoms with Crippen molar-refractivity contribution in [1.29, 1.82) is 0 Å². The summed E-state index contributed by atoms with van der Waals surface area (Å²) in [6, 6.07) is 7.20. The van der Waals surface area contributed by atoms with Crippen molar-refractivity contribution in [2.24, 2.45) is 0 Å². The van der Waals surface area contributed by atoms with Crippen LogP contribution in [0.15, 0.2) is 30.5 Å². The van der Waals surface area contributed by atoms with E-state index >= 15 is 0 Å². The minimum atomic E-state index is -0.0983. The number of nitrogens with zero attached hydrogens (tertiary/aromatic N) is 3. The molecule has 2 aliphatic heterocycles. The molecule has 0 saturated carbocycles. The van der Waals surface area contributed by atoms with Gasteiger partial charge in [-0.25, -0.2) is 4.98 Å². The summed E-state index contributed by atoms with van der Waals surface area (Å²) in [5.74, 6) is 0.263. The van der Waals surface area contributed by atoms with Crippen LogP contribution in [0.3, 0.4) is 0 Å². The van der Waals surface area contributed by atoms with Crippen LogP contribution in [0.1, 0.15) is 23.2 Å². The lowest BCUT2D eigenvalue weighted by atomic mass is 10.1. The number of amides is 1. The molecule has 0 bridgehead atoms. The summed E-state index contributed by atoms with van der Waals surface area (Å²) in [6.07, 6.45) is 3.18. The first-order valence-electron chi connectivity index (χ1n) is 9.91. The number of pyridine rings is 1. The Morgan fingerprint density at radius 3 is 2.50 bits per heavy atom. The molecule has 1 amide bonds. The van der Waals surface area contributed by atoms with E-state index in [1.807, 2.05) is 12.1 Å². The average molecular weight is 471 g/mol. The van der Waals surface area contributed by atoms with E-state index in [0.717, 1.165) is 18.5 Å². The van der Waals surface area contributed by atoms with E-state index < -0.39 is 0 Å². The Kier molecular flexibility index (Phi) is 6.88. The lowest BCUT2D eigenvalue weighted by molar-refractivity contribution is 0.0238. The highest BCUT2D eigenvalue weighted by molar-refractivity contribution is 6.43. The van der Waals surface area contributed by atoms with E-state index in [0.29, 0.717) is 65.9 Å². The third kappa shape index (κ3) is 4.78. The molecule has 1 aromatic carbocycles. The minimum absolute atomic E-state index is 0.0386. The quantitative estimate of drug-likeness (QED) is 0.655. The van der Waals surface area contributed by atoms with Gasteiger partial charge in [-0.3, -0.25) is 4.79 Å². The molecule has 160 valence electrons. The number of halogens is 3. The van der Waals surface area contributed by atoms with E-state index in [1.54, 1.807) is 17.0 Å². The van der Waals surface area contributed by atoms with Crippen molar-refractivity contribution in [1.82, 2.24) is 9.88 Å². The second kappa shape index (κ2) is 9.60. The monoisotopic (exact) mass is 469 g/mol. The zero-order chi connectivity index (χ0) is 21.1. The van der Waals surface area contributed by atoms with Crippen molar-refractivity contribution in [3.05, 3.63) is 51.1 Å². The Hall–Kier alpha value is -1.73. The lowest BCUT2D eigenvalue weighted by Gasteiger charge is -2.36. The fourth-order valence-electron chi connectivity index (χ4n) is 3.65. The van der Waals surface area contributed by atoms with E-state index in [1.165, 1.54) is 6.20 Å². The van der Waals surface area contributed by atoms with Crippen molar-refractivity contribution >= 4 is 46.4 Å². The maximum atomic E-state index is 12.9. The number of rotatable bonds is 4. The van der Waals surface area contributed by atoms with Crippen LogP contribution < -0.4 is 9.64 Å². The number of hydrogen-bond acceptors (Lipinski definition) is 5. The van der Waals surface area contributed by atoms with Crippen molar-refractivity contribution in [3.63, 3.8) is 0 Å². The SMILES string of the molecule is O=C(c1cnc(OC2CCOCC2)c(Cl)c1)N1CCN(c2cccc(Cl)c2Cl)CC1. The molecular formula is C21H22Cl3N3O3. The third-order valence-corrected chi connectivity index (χ3v) is 6.42. The number of piperazine rings is 1. The highest BCUT2D eigenvalue weighted by Crippen LogP contribution is 2.33. The van der Waals surface area contributed by atoms with Gasteiger partial charge in [0.25, 0.3) is 5.91 Å². The number of carbonyl (C=O) groups excluding carboxylic acids is 1. The van der Waals surface area contributed by atoms with Gasteiger partial charge in [0.15, 0.2) is 0 Å². The first-order chi connectivity index (χ1) is 14.5. The molecule has 2 aliphatic rings. The largest absolute Gasteiger partial charge is 0.473 e. The third-order valence-electron chi connectivity index (χ3n) is 5.34. The molecule has 0 radical (unpaired) electrons. The zero-order valence-corrected chi connectivity index (χ0v) is 18.6. The summed E-state index contributed by atoms with van der Waals surface area (Å²) in [5.41, 5.74) is 1.34. The van der Waals surface area contributed by atoms with Crippen LogP contribution in [0.4, 0.5) is 5.69 Å². The van der Waals surface area contributed by atoms with Crippen LogP contribution in [0, 0.1) is 0 Å². The van der Waals surface area contributed by atoms with Crippen molar-refractivity contribution in [2.75, 3.05) is 44.3 Å². The molecule has 2 saturated heterocycles. The topological polar surface area (TPSA) is 54.9 Å². The van der Waals surface area contributed by atoms with Crippen LogP contribution in [-0.4, -0.2) is 61.3 Å². The Bertz CT molecular complexity index is 914. The van der Waals surface area contributed by atoms with Gasteiger partial charge in [-0.1, -0.05) is 40.9 Å². The maximum Gasteiger partial charge on any atom is 0.255 e. The zero-order valence-electron chi connectivity index (χ0n) is 16.3. The molecule has 2 fully saturated rings. The van der Waals surface area contributed by atoms with Crippen LogP contribution in [0.25, 0.3) is 0 Å². The molecular weight excluding hydrogens is 449 g/mol. The fraction of sp³-hybridized carbons (Fsp3) is 0.429. The smallest absolute Gasteiger partial charge is 0.255 e. The Morgan fingerprint density at radius 1 is 1.07 bits per heavy atom. The number of benzene rings is 1. The summed E-state index contributed by atoms with van der Waals surface area (Å²) >= 11 is 18.8. The normalized spacial score (nSPS) is 17.8. The van der Waals surface area contributed by atoms with Gasteiger partial charge in [-0.05, 0) is 18.2 Å². The van der Waals surface area contributed by atoms with Gasteiger partial charge in [0.1, 0.15) is 11.1 Å². The van der Waals surface area contributed by atoms with Gasteiger partial charge in [0.2, 0.25) is 5.88 Å². The number of anilines is 1. The number of aromatic nitrogens is 1. The second-order valence-electron chi connectivity index (χ2n) is 7.29. The molecule has 0 unspecified atom stereocenters. The highest BCUT2D eigenvalue weighted by Gasteiger charge is 2.25. The molecule has 6 nitrogen and oxygen atoms in total. The van der Waals surface area contributed by atoms with E-state index in [-0.39, 0.29) is 12.0 Å². The summed E-state index contributed by atoms with van der Waals surface area (Å²) in [7, 11) is 0. The first-order valence-corrected chi connectivity index (χ1v) is 11.0. The Morgan fingerprint density at radius 2 is 1.80 bits per heavy atom. The molecule has 0 spiro atoms. The molecule has 1 aromatic heterocycles. The predicted molar refractivity (Wildman–Crippen MR) is 118 cm³/mol. The van der Waals surface area contributed by atoms with Gasteiger partial charge < -0.3 is 19.3 Å². The second-order valence-corrected chi connectivity index (χ2v) is 8.49. The minimum Gasteiger partial charge on any atom is -0.473 e. The van der Waals surface area contributed by atoms with E-state index in [9.17, 15) is 4.79 Å². The molecule has 0 aliphatic carbocycles. The van der Waals surface area contributed by atoms with Crippen LogP contribution in [-0.2, 0) is 4.74 Å². The maximum absolute atomic E-state index is 12.9. The molecule has 3 heterocycles. The summed E-state index contributed by atoms with van der Waals surface area (Å²) in [4.78, 5) is 21.1. The Balaban J connectivity index is 1.38. The van der Waals surface area contributed by atoms with Gasteiger partial charge in [0, 0.05) is 45.2 Å². The van der Waals surface area contributed by atoms with Crippen molar-refractivity contribution in [3.8, 4) is 5.88 Å². The highest BCUT2D eigenvalue weighted by atomic mass is 35.5. The van der Waals surface area contributed by atoms with Crippen molar-refractivity contribution in [2.45, 2.75) is 18.9 Å². The predicted octanol–water partition coefficient (Wildman–Crippen LogP) is 4.56. The number of hydrogen-bond donors (Lipinski definition) is 0. The van der Waals surface area contributed by atoms with Crippen LogP contribution >= 0.6 is 34.8 Å². The molecule has 0 atom stereocenters. The van der Waals surface area contributed by atoms with Gasteiger partial charge in [0.05, 0.1) is 34.5 Å². The summed E-state index contributed by atoms with van der Waals surface area (Å²) in [6.45, 7) is 3.81. The standard InChI is InChI=1S/C21H22Cl3N3O3/c22-16-2-1-3-18(19(16)24)26-6-8-27(9-7-26)21(28)14-12-17(23)20(25-13-14)30-15-4-10-29-11-5-15/h1-3,12-13,15H,4-11H2. The average Bonchev–Trinajstić information content (AvgIpc) is 2.77. The molecule has 4 rings (SSSR count). The molecule has 9 heteroatoms.